The Kier molecular flexibility index (Phi) is 7.28. The zero-order valence-corrected chi connectivity index (χ0v) is 20.1. The molecular weight excluding hydrogens is 499 g/mol. The summed E-state index contributed by atoms with van der Waals surface area (Å²) < 4.78 is 69.1. The molecule has 0 atom stereocenters. The molecule has 1 aliphatic rings. The van der Waals surface area contributed by atoms with Crippen LogP contribution in [0.5, 0.6) is 0 Å². The zero-order chi connectivity index (χ0) is 26.1. The van der Waals surface area contributed by atoms with Crippen molar-refractivity contribution in [3.05, 3.63) is 81.5 Å². The van der Waals surface area contributed by atoms with Crippen molar-refractivity contribution in [3.63, 3.8) is 0 Å². The summed E-state index contributed by atoms with van der Waals surface area (Å²) in [5, 5.41) is 5.95. The van der Waals surface area contributed by atoms with Crippen LogP contribution in [0.1, 0.15) is 22.3 Å². The van der Waals surface area contributed by atoms with Gasteiger partial charge in [0.1, 0.15) is 5.78 Å². The van der Waals surface area contributed by atoms with Crippen LogP contribution in [0.3, 0.4) is 0 Å². The average molecular weight is 523 g/mol. The molecule has 3 aromatic rings. The van der Waals surface area contributed by atoms with E-state index >= 15 is 8.78 Å². The molecule has 36 heavy (non-hydrogen) atoms. The van der Waals surface area contributed by atoms with E-state index in [2.05, 4.69) is 5.32 Å². The normalized spacial score (nSPS) is 14.9. The molecular formula is C26H23F5N2O2S. The summed E-state index contributed by atoms with van der Waals surface area (Å²) >= 11 is 1.39. The predicted molar refractivity (Wildman–Crippen MR) is 127 cm³/mol. The molecule has 0 aliphatic carbocycles. The van der Waals surface area contributed by atoms with Gasteiger partial charge < -0.3 is 10.2 Å². The Morgan fingerprint density at radius 3 is 2.39 bits per heavy atom. The second-order valence-corrected chi connectivity index (χ2v) is 9.72. The molecule has 2 heterocycles. The second-order valence-electron chi connectivity index (χ2n) is 8.94. The molecule has 0 radical (unpaired) electrons. The topological polar surface area (TPSA) is 49.4 Å². The first-order chi connectivity index (χ1) is 16.9. The third kappa shape index (κ3) is 5.82. The number of carbonyl (C=O) groups excluding carboxylic acids is 2. The summed E-state index contributed by atoms with van der Waals surface area (Å²) in [6.45, 7) is 0.961. The number of carbonyl (C=O) groups is 2. The average Bonchev–Trinajstić information content (AvgIpc) is 3.32. The summed E-state index contributed by atoms with van der Waals surface area (Å²) in [5.74, 6) is -5.67. The molecule has 1 amide bonds. The molecule has 4 nitrogen and oxygen atoms in total. The molecule has 190 valence electrons. The number of Topliss-reactive ketones (excluding diaryl/α,β-unsaturated/α-hetero) is 1. The maximum Gasteiger partial charge on any atom is 0.416 e. The highest BCUT2D eigenvalue weighted by atomic mass is 32.1. The highest BCUT2D eigenvalue weighted by molar-refractivity contribution is 7.08. The summed E-state index contributed by atoms with van der Waals surface area (Å²) in [5.41, 5.74) is 0.315. The largest absolute Gasteiger partial charge is 0.416 e. The van der Waals surface area contributed by atoms with Crippen molar-refractivity contribution in [2.75, 3.05) is 20.1 Å². The minimum Gasteiger partial charge on any atom is -0.345 e. The minimum atomic E-state index is -4.54. The summed E-state index contributed by atoms with van der Waals surface area (Å²) in [6.07, 6.45) is -5.11. The Labute approximate surface area is 208 Å². The van der Waals surface area contributed by atoms with Gasteiger partial charge in [0.05, 0.1) is 11.6 Å². The fraction of sp³-hybridized carbons (Fsp3) is 0.308. The number of nitrogens with zero attached hydrogens (tertiary/aromatic N) is 1. The molecule has 1 aliphatic heterocycles. The molecule has 1 fully saturated rings. The lowest BCUT2D eigenvalue weighted by Gasteiger charge is -2.37. The highest BCUT2D eigenvalue weighted by Crippen LogP contribution is 2.35. The van der Waals surface area contributed by atoms with E-state index < -0.39 is 34.9 Å². The molecule has 0 bridgehead atoms. The van der Waals surface area contributed by atoms with Gasteiger partial charge in [-0.1, -0.05) is 30.3 Å². The van der Waals surface area contributed by atoms with E-state index in [-0.39, 0.29) is 30.0 Å². The second kappa shape index (κ2) is 10.1. The van der Waals surface area contributed by atoms with E-state index in [1.807, 2.05) is 11.9 Å². The first-order valence-corrected chi connectivity index (χ1v) is 12.1. The van der Waals surface area contributed by atoms with Crippen LogP contribution < -0.4 is 5.32 Å². The van der Waals surface area contributed by atoms with Gasteiger partial charge in [-0.05, 0) is 58.3 Å². The van der Waals surface area contributed by atoms with E-state index in [0.29, 0.717) is 18.7 Å². The van der Waals surface area contributed by atoms with E-state index in [0.717, 1.165) is 23.8 Å². The lowest BCUT2D eigenvalue weighted by atomic mass is 9.92. The third-order valence-corrected chi connectivity index (χ3v) is 6.71. The van der Waals surface area contributed by atoms with Crippen LogP contribution in [-0.2, 0) is 34.5 Å². The number of likely N-dealkylation sites (N-methyl/N-ethyl adjacent to an activating group) is 1. The van der Waals surface area contributed by atoms with Crippen LogP contribution >= 0.6 is 11.3 Å². The van der Waals surface area contributed by atoms with Gasteiger partial charge >= 0.3 is 12.1 Å². The highest BCUT2D eigenvalue weighted by Gasteiger charge is 2.43. The molecule has 0 saturated carbocycles. The van der Waals surface area contributed by atoms with Crippen molar-refractivity contribution in [1.29, 1.82) is 0 Å². The lowest BCUT2D eigenvalue weighted by molar-refractivity contribution is -0.148. The lowest BCUT2D eigenvalue weighted by Crippen LogP contribution is -2.59. The number of alkyl halides is 5. The molecule has 4 rings (SSSR count). The van der Waals surface area contributed by atoms with Crippen molar-refractivity contribution >= 4 is 23.0 Å². The molecule has 0 spiro atoms. The van der Waals surface area contributed by atoms with Crippen molar-refractivity contribution in [2.45, 2.75) is 31.0 Å². The van der Waals surface area contributed by atoms with Crippen LogP contribution in [0, 0.1) is 0 Å². The Bertz CT molecular complexity index is 1250. The van der Waals surface area contributed by atoms with Gasteiger partial charge in [0.15, 0.2) is 0 Å². The number of thiophene rings is 1. The van der Waals surface area contributed by atoms with Gasteiger partial charge in [0, 0.05) is 31.5 Å². The van der Waals surface area contributed by atoms with E-state index in [1.54, 1.807) is 16.8 Å². The van der Waals surface area contributed by atoms with Crippen molar-refractivity contribution < 1.29 is 31.5 Å². The summed E-state index contributed by atoms with van der Waals surface area (Å²) in [6, 6.07) is 9.64. The predicted octanol–water partition coefficient (Wildman–Crippen LogP) is 5.31. The quantitative estimate of drug-likeness (QED) is 0.408. The number of amides is 1. The summed E-state index contributed by atoms with van der Waals surface area (Å²) in [4.78, 5) is 27.1. The van der Waals surface area contributed by atoms with Crippen molar-refractivity contribution in [2.24, 2.45) is 0 Å². The van der Waals surface area contributed by atoms with Crippen LogP contribution in [0.15, 0.2) is 59.3 Å². The fourth-order valence-corrected chi connectivity index (χ4v) is 4.85. The van der Waals surface area contributed by atoms with Crippen LogP contribution in [-0.4, -0.2) is 42.8 Å². The van der Waals surface area contributed by atoms with Gasteiger partial charge in [-0.2, -0.15) is 33.3 Å². The minimum absolute atomic E-state index is 0.179. The fourth-order valence-electron chi connectivity index (χ4n) is 4.19. The van der Waals surface area contributed by atoms with E-state index in [1.165, 1.54) is 35.6 Å². The number of benzene rings is 2. The van der Waals surface area contributed by atoms with Crippen LogP contribution in [0.2, 0.25) is 0 Å². The van der Waals surface area contributed by atoms with Crippen LogP contribution in [0.25, 0.3) is 11.1 Å². The first kappa shape index (κ1) is 26.0. The molecule has 1 saturated heterocycles. The SMILES string of the molecule is CN1CC(NC(=O)C(F)(F)c2ccc(-c3ccsc3)c(CC(=O)Cc3cccc(C(F)(F)F)c3)c2)C1. The Hall–Kier alpha value is -3.11. The van der Waals surface area contributed by atoms with Crippen molar-refractivity contribution in [3.8, 4) is 11.1 Å². The molecule has 1 aromatic heterocycles. The molecule has 2 aromatic carbocycles. The van der Waals surface area contributed by atoms with Gasteiger partial charge in [-0.15, -0.1) is 0 Å². The number of nitrogens with one attached hydrogen (secondary N) is 1. The van der Waals surface area contributed by atoms with Gasteiger partial charge in [0.25, 0.3) is 5.91 Å². The third-order valence-electron chi connectivity index (χ3n) is 6.03. The Balaban J connectivity index is 1.58. The van der Waals surface area contributed by atoms with Gasteiger partial charge in [-0.25, -0.2) is 0 Å². The number of halogens is 5. The monoisotopic (exact) mass is 522 g/mol. The summed E-state index contributed by atoms with van der Waals surface area (Å²) in [7, 11) is 1.81. The standard InChI is InChI=1S/C26H23F5N2O2S/c1-33-13-21(14-33)32-24(35)25(27,28)19-5-6-23(17-7-8-36-15-17)18(11-19)12-22(34)10-16-3-2-4-20(9-16)26(29,30)31/h2-9,11,15,21H,10,12-14H2,1H3,(H,32,35). The Morgan fingerprint density at radius 2 is 1.75 bits per heavy atom. The number of hydrogen-bond donors (Lipinski definition) is 1. The van der Waals surface area contributed by atoms with Crippen LogP contribution in [0.4, 0.5) is 22.0 Å². The molecule has 1 N–H and O–H groups in total. The Morgan fingerprint density at radius 1 is 1.00 bits per heavy atom. The molecule has 10 heteroatoms. The zero-order valence-electron chi connectivity index (χ0n) is 19.2. The number of hydrogen-bond acceptors (Lipinski definition) is 4. The smallest absolute Gasteiger partial charge is 0.345 e. The van der Waals surface area contributed by atoms with E-state index in [4.69, 9.17) is 0 Å². The number of ketones is 1. The number of rotatable bonds is 8. The van der Waals surface area contributed by atoms with E-state index in [9.17, 15) is 22.8 Å². The van der Waals surface area contributed by atoms with Gasteiger partial charge in [-0.3, -0.25) is 9.59 Å². The maximum absolute atomic E-state index is 15.0. The maximum atomic E-state index is 15.0. The first-order valence-electron chi connectivity index (χ1n) is 11.1. The molecule has 0 unspecified atom stereocenters. The van der Waals surface area contributed by atoms with Gasteiger partial charge in [0.2, 0.25) is 0 Å². The number of likely N-dealkylation sites (tertiary alicyclic amines) is 1. The van der Waals surface area contributed by atoms with Crippen molar-refractivity contribution in [1.82, 2.24) is 10.2 Å².